The zero-order valence-corrected chi connectivity index (χ0v) is 15.2. The topological polar surface area (TPSA) is 91.2 Å². The van der Waals surface area contributed by atoms with Crippen molar-refractivity contribution in [2.45, 2.75) is 0 Å². The van der Waals surface area contributed by atoms with Gasteiger partial charge < -0.3 is 14.8 Å². The zero-order chi connectivity index (χ0) is 19.2. The Morgan fingerprint density at radius 1 is 1.11 bits per heavy atom. The van der Waals surface area contributed by atoms with Crippen LogP contribution < -0.4 is 14.8 Å². The van der Waals surface area contributed by atoms with E-state index in [0.717, 1.165) is 11.1 Å². The number of anilines is 1. The third-order valence-electron chi connectivity index (χ3n) is 3.81. The molecule has 1 heterocycles. The molecular formula is C19H19N5O3. The molecule has 1 amide bonds. The zero-order valence-electron chi connectivity index (χ0n) is 15.2. The molecule has 0 unspecified atom stereocenters. The Morgan fingerprint density at radius 3 is 2.48 bits per heavy atom. The minimum atomic E-state index is -0.259. The Labute approximate surface area is 156 Å². The molecule has 0 atom stereocenters. The number of methoxy groups -OCH3 is 2. The molecule has 8 nitrogen and oxygen atoms in total. The number of aryl methyl sites for hydroxylation is 1. The molecule has 0 aliphatic rings. The van der Waals surface area contributed by atoms with Crippen LogP contribution in [0.5, 0.6) is 11.5 Å². The molecule has 27 heavy (non-hydrogen) atoms. The fraction of sp³-hybridized carbons (Fsp3) is 0.158. The summed E-state index contributed by atoms with van der Waals surface area (Å²) in [6, 6.07) is 12.7. The van der Waals surface area contributed by atoms with Crippen molar-refractivity contribution in [3.63, 3.8) is 0 Å². The van der Waals surface area contributed by atoms with Gasteiger partial charge in [0.05, 0.1) is 14.2 Å². The predicted molar refractivity (Wildman–Crippen MR) is 101 cm³/mol. The number of carbonyl (C=O) groups excluding carboxylic acids is 1. The van der Waals surface area contributed by atoms with Crippen LogP contribution in [-0.2, 0) is 11.8 Å². The number of nitrogens with zero attached hydrogens (tertiary/aromatic N) is 4. The third kappa shape index (κ3) is 4.49. The second kappa shape index (κ2) is 8.13. The van der Waals surface area contributed by atoms with E-state index in [1.807, 2.05) is 30.3 Å². The summed E-state index contributed by atoms with van der Waals surface area (Å²) in [5.74, 6) is 1.66. The number of aromatic nitrogens is 4. The summed E-state index contributed by atoms with van der Waals surface area (Å²) in [6.45, 7) is 0. The summed E-state index contributed by atoms with van der Waals surface area (Å²) in [7, 11) is 4.91. The number of hydrogen-bond acceptors (Lipinski definition) is 6. The van der Waals surface area contributed by atoms with E-state index in [-0.39, 0.29) is 5.91 Å². The molecule has 0 aliphatic carbocycles. The SMILES string of the molecule is COc1cc(/C=C/C(=O)Nc2cccc(-c3nnnn3C)c2)cc(OC)c1. The van der Waals surface area contributed by atoms with Crippen molar-refractivity contribution >= 4 is 17.7 Å². The van der Waals surface area contributed by atoms with Crippen LogP contribution in [-0.4, -0.2) is 40.3 Å². The van der Waals surface area contributed by atoms with E-state index in [9.17, 15) is 4.79 Å². The maximum atomic E-state index is 12.3. The van der Waals surface area contributed by atoms with Gasteiger partial charge >= 0.3 is 0 Å². The first-order valence-corrected chi connectivity index (χ1v) is 8.14. The fourth-order valence-electron chi connectivity index (χ4n) is 2.49. The third-order valence-corrected chi connectivity index (χ3v) is 3.81. The van der Waals surface area contributed by atoms with Crippen molar-refractivity contribution in [1.29, 1.82) is 0 Å². The van der Waals surface area contributed by atoms with Gasteiger partial charge in [0.25, 0.3) is 0 Å². The Bertz CT molecular complexity index is 959. The molecule has 1 aromatic heterocycles. The monoisotopic (exact) mass is 365 g/mol. The number of benzene rings is 2. The fourth-order valence-corrected chi connectivity index (χ4v) is 2.49. The average molecular weight is 365 g/mol. The summed E-state index contributed by atoms with van der Waals surface area (Å²) < 4.78 is 12.0. The smallest absolute Gasteiger partial charge is 0.248 e. The van der Waals surface area contributed by atoms with Crippen molar-refractivity contribution in [2.75, 3.05) is 19.5 Å². The highest BCUT2D eigenvalue weighted by Gasteiger charge is 2.07. The van der Waals surface area contributed by atoms with Crippen LogP contribution in [0.25, 0.3) is 17.5 Å². The maximum Gasteiger partial charge on any atom is 0.248 e. The lowest BCUT2D eigenvalue weighted by Gasteiger charge is -2.06. The number of nitrogens with one attached hydrogen (secondary N) is 1. The normalized spacial score (nSPS) is 10.8. The molecular weight excluding hydrogens is 346 g/mol. The Balaban J connectivity index is 1.73. The lowest BCUT2D eigenvalue weighted by atomic mass is 10.1. The summed E-state index contributed by atoms with van der Waals surface area (Å²) in [5, 5.41) is 14.2. The van der Waals surface area contributed by atoms with Crippen molar-refractivity contribution in [2.24, 2.45) is 7.05 Å². The van der Waals surface area contributed by atoms with Crippen molar-refractivity contribution in [3.8, 4) is 22.9 Å². The van der Waals surface area contributed by atoms with Gasteiger partial charge in [-0.25, -0.2) is 4.68 Å². The standard InChI is InChI=1S/C19H19N5O3/c1-24-19(21-22-23-24)14-5-4-6-15(11-14)20-18(25)8-7-13-9-16(26-2)12-17(10-13)27-3/h4-12H,1-3H3,(H,20,25)/b8-7+. The number of hydrogen-bond donors (Lipinski definition) is 1. The van der Waals surface area contributed by atoms with Gasteiger partial charge in [-0.15, -0.1) is 5.10 Å². The van der Waals surface area contributed by atoms with Gasteiger partial charge in [-0.1, -0.05) is 12.1 Å². The Morgan fingerprint density at radius 2 is 1.85 bits per heavy atom. The van der Waals surface area contributed by atoms with Crippen LogP contribution >= 0.6 is 0 Å². The van der Waals surface area contributed by atoms with Crippen molar-refractivity contribution in [1.82, 2.24) is 20.2 Å². The van der Waals surface area contributed by atoms with Crippen LogP contribution in [0.2, 0.25) is 0 Å². The highest BCUT2D eigenvalue weighted by atomic mass is 16.5. The highest BCUT2D eigenvalue weighted by Crippen LogP contribution is 2.23. The van der Waals surface area contributed by atoms with E-state index in [1.54, 1.807) is 44.2 Å². The van der Waals surface area contributed by atoms with Crippen LogP contribution in [0.1, 0.15) is 5.56 Å². The first kappa shape index (κ1) is 18.1. The molecule has 0 spiro atoms. The first-order chi connectivity index (χ1) is 13.1. The summed E-state index contributed by atoms with van der Waals surface area (Å²) in [6.07, 6.45) is 3.14. The lowest BCUT2D eigenvalue weighted by Crippen LogP contribution is -2.07. The average Bonchev–Trinajstić information content (AvgIpc) is 3.12. The molecule has 1 N–H and O–H groups in total. The Kier molecular flexibility index (Phi) is 5.46. The Hall–Kier alpha value is -3.68. The number of rotatable bonds is 6. The molecule has 2 aromatic carbocycles. The van der Waals surface area contributed by atoms with Crippen molar-refractivity contribution < 1.29 is 14.3 Å². The van der Waals surface area contributed by atoms with E-state index in [1.165, 1.54) is 6.08 Å². The van der Waals surface area contributed by atoms with Crippen LogP contribution in [0, 0.1) is 0 Å². The van der Waals surface area contributed by atoms with E-state index in [0.29, 0.717) is 23.0 Å². The van der Waals surface area contributed by atoms with Gasteiger partial charge in [0, 0.05) is 30.4 Å². The van der Waals surface area contributed by atoms with Gasteiger partial charge in [-0.05, 0) is 46.3 Å². The molecule has 0 saturated heterocycles. The first-order valence-electron chi connectivity index (χ1n) is 8.14. The number of carbonyl (C=O) groups is 1. The second-order valence-corrected chi connectivity index (χ2v) is 5.68. The van der Waals surface area contributed by atoms with Crippen molar-refractivity contribution in [3.05, 3.63) is 54.1 Å². The molecule has 0 aliphatic heterocycles. The van der Waals surface area contributed by atoms with Gasteiger partial charge in [-0.3, -0.25) is 4.79 Å². The van der Waals surface area contributed by atoms with E-state index in [2.05, 4.69) is 20.8 Å². The molecule has 3 rings (SSSR count). The van der Waals surface area contributed by atoms with Gasteiger partial charge in [-0.2, -0.15) is 0 Å². The summed E-state index contributed by atoms with van der Waals surface area (Å²) in [4.78, 5) is 12.3. The number of tetrazole rings is 1. The predicted octanol–water partition coefficient (Wildman–Crippen LogP) is 2.55. The molecule has 0 fully saturated rings. The second-order valence-electron chi connectivity index (χ2n) is 5.68. The van der Waals surface area contributed by atoms with Crippen LogP contribution in [0.15, 0.2) is 48.5 Å². The lowest BCUT2D eigenvalue weighted by molar-refractivity contribution is -0.111. The largest absolute Gasteiger partial charge is 0.497 e. The molecule has 0 radical (unpaired) electrons. The maximum absolute atomic E-state index is 12.3. The van der Waals surface area contributed by atoms with E-state index >= 15 is 0 Å². The quantitative estimate of drug-likeness (QED) is 0.675. The van der Waals surface area contributed by atoms with Crippen LogP contribution in [0.3, 0.4) is 0 Å². The van der Waals surface area contributed by atoms with Gasteiger partial charge in [0.15, 0.2) is 5.82 Å². The number of amides is 1. The number of ether oxygens (including phenoxy) is 2. The molecule has 138 valence electrons. The minimum absolute atomic E-state index is 0.259. The molecule has 0 saturated carbocycles. The molecule has 8 heteroatoms. The minimum Gasteiger partial charge on any atom is -0.497 e. The summed E-state index contributed by atoms with van der Waals surface area (Å²) >= 11 is 0. The summed E-state index contributed by atoms with van der Waals surface area (Å²) in [5.41, 5.74) is 2.25. The highest BCUT2D eigenvalue weighted by molar-refractivity contribution is 6.02. The van der Waals surface area contributed by atoms with E-state index < -0.39 is 0 Å². The van der Waals surface area contributed by atoms with Crippen LogP contribution in [0.4, 0.5) is 5.69 Å². The molecule has 3 aromatic rings. The van der Waals surface area contributed by atoms with Gasteiger partial charge in [0.2, 0.25) is 5.91 Å². The van der Waals surface area contributed by atoms with Gasteiger partial charge in [0.1, 0.15) is 11.5 Å². The van der Waals surface area contributed by atoms with E-state index in [4.69, 9.17) is 9.47 Å². The molecule has 0 bridgehead atoms.